The van der Waals surface area contributed by atoms with E-state index in [2.05, 4.69) is 12.1 Å². The lowest BCUT2D eigenvalue weighted by atomic mass is 10.1. The number of fused-ring (bicyclic) bond motifs is 1. The van der Waals surface area contributed by atoms with Gasteiger partial charge in [-0.3, -0.25) is 4.40 Å². The summed E-state index contributed by atoms with van der Waals surface area (Å²) in [7, 11) is 1.64. The summed E-state index contributed by atoms with van der Waals surface area (Å²) in [5.74, 6) is 1.06. The summed E-state index contributed by atoms with van der Waals surface area (Å²) in [5.41, 5.74) is 5.67. The van der Waals surface area contributed by atoms with Gasteiger partial charge in [0.1, 0.15) is 17.2 Å². The van der Waals surface area contributed by atoms with Crippen molar-refractivity contribution in [1.82, 2.24) is 14.4 Å². The van der Waals surface area contributed by atoms with Gasteiger partial charge in [0.05, 0.1) is 18.5 Å². The Bertz CT molecular complexity index is 1390. The second kappa shape index (κ2) is 8.67. The lowest BCUT2D eigenvalue weighted by Gasteiger charge is -2.09. The van der Waals surface area contributed by atoms with Crippen LogP contribution in [0.1, 0.15) is 22.5 Å². The monoisotopic (exact) mass is 437 g/mol. The van der Waals surface area contributed by atoms with Crippen LogP contribution in [0.2, 0.25) is 0 Å². The van der Waals surface area contributed by atoms with Gasteiger partial charge in [-0.2, -0.15) is 0 Å². The second-order valence-electron chi connectivity index (χ2n) is 7.88. The molecule has 0 saturated carbocycles. The van der Waals surface area contributed by atoms with Crippen molar-refractivity contribution in [1.29, 1.82) is 0 Å². The minimum absolute atomic E-state index is 0.0875. The van der Waals surface area contributed by atoms with Crippen LogP contribution in [-0.2, 0) is 12.8 Å². The third-order valence-electron chi connectivity index (χ3n) is 5.63. The van der Waals surface area contributed by atoms with E-state index in [0.29, 0.717) is 24.2 Å². The van der Waals surface area contributed by atoms with E-state index in [1.165, 1.54) is 0 Å². The van der Waals surface area contributed by atoms with E-state index in [1.807, 2.05) is 60.8 Å². The average Bonchev–Trinajstić information content (AvgIpc) is 3.17. The molecular weight excluding hydrogens is 414 g/mol. The molecule has 0 aliphatic carbocycles. The van der Waals surface area contributed by atoms with E-state index < -0.39 is 0 Å². The van der Waals surface area contributed by atoms with Crippen molar-refractivity contribution in [3.8, 4) is 28.6 Å². The Balaban J connectivity index is 1.62. The van der Waals surface area contributed by atoms with Crippen LogP contribution in [0.5, 0.6) is 17.4 Å². The van der Waals surface area contributed by atoms with Gasteiger partial charge in [-0.15, -0.1) is 0 Å². The molecule has 0 amide bonds. The molecule has 5 rings (SSSR count). The lowest BCUT2D eigenvalue weighted by molar-refractivity contribution is 0.415. The van der Waals surface area contributed by atoms with Crippen LogP contribution < -0.4 is 4.74 Å². The van der Waals surface area contributed by atoms with Crippen LogP contribution in [0.15, 0.2) is 85.1 Å². The third kappa shape index (κ3) is 4.23. The number of methoxy groups -OCH3 is 1. The first-order valence-corrected chi connectivity index (χ1v) is 10.7. The summed E-state index contributed by atoms with van der Waals surface area (Å²) in [5, 5.41) is 20.6. The molecule has 2 aromatic heterocycles. The van der Waals surface area contributed by atoms with Crippen molar-refractivity contribution in [2.24, 2.45) is 0 Å². The smallest absolute Gasteiger partial charge is 0.219 e. The van der Waals surface area contributed by atoms with Crippen molar-refractivity contribution in [3.63, 3.8) is 0 Å². The zero-order chi connectivity index (χ0) is 22.8. The van der Waals surface area contributed by atoms with Gasteiger partial charge in [-0.05, 0) is 47.5 Å². The first-order valence-electron chi connectivity index (χ1n) is 10.7. The van der Waals surface area contributed by atoms with Crippen LogP contribution >= 0.6 is 0 Å². The van der Waals surface area contributed by atoms with Gasteiger partial charge < -0.3 is 14.9 Å². The van der Waals surface area contributed by atoms with Gasteiger partial charge in [0.15, 0.2) is 5.65 Å². The number of phenols is 1. The second-order valence-corrected chi connectivity index (χ2v) is 7.88. The Hall–Kier alpha value is -4.32. The predicted octanol–water partition coefficient (Wildman–Crippen LogP) is 5.00. The molecule has 6 nitrogen and oxygen atoms in total. The normalized spacial score (nSPS) is 11.1. The molecule has 0 spiro atoms. The molecule has 0 radical (unpaired) electrons. The Morgan fingerprint density at radius 3 is 2.12 bits per heavy atom. The Kier molecular flexibility index (Phi) is 5.40. The molecule has 0 unspecified atom stereocenters. The fourth-order valence-electron chi connectivity index (χ4n) is 3.88. The SMILES string of the molecule is COc1ccc(-c2cn3c(O)c(Cc4ccc(O)cc4)nc3c(Cc3ccccc3)n2)cc1. The van der Waals surface area contributed by atoms with Crippen LogP contribution in [-0.4, -0.2) is 31.7 Å². The summed E-state index contributed by atoms with van der Waals surface area (Å²) in [4.78, 5) is 9.68. The highest BCUT2D eigenvalue weighted by Gasteiger charge is 2.18. The summed E-state index contributed by atoms with van der Waals surface area (Å²) in [6.45, 7) is 0. The average molecular weight is 437 g/mol. The Labute approximate surface area is 191 Å². The summed E-state index contributed by atoms with van der Waals surface area (Å²) in [6, 6.07) is 24.7. The number of phenolic OH excluding ortho intramolecular Hbond substituents is 1. The maximum absolute atomic E-state index is 11.1. The standard InChI is InChI=1S/C27H23N3O3/c1-33-22-13-9-20(10-14-22)25-17-30-26(23(28-25)15-18-5-3-2-4-6-18)29-24(27(30)32)16-19-7-11-21(31)12-8-19/h2-14,17,31-32H,15-16H2,1H3. The maximum atomic E-state index is 11.1. The number of ether oxygens (including phenoxy) is 1. The number of rotatable bonds is 6. The zero-order valence-corrected chi connectivity index (χ0v) is 18.1. The van der Waals surface area contributed by atoms with Crippen molar-refractivity contribution in [3.05, 3.63) is 108 Å². The van der Waals surface area contributed by atoms with Gasteiger partial charge in [0, 0.05) is 24.6 Å². The lowest BCUT2D eigenvalue weighted by Crippen LogP contribution is -2.01. The number of aromatic hydroxyl groups is 2. The predicted molar refractivity (Wildman–Crippen MR) is 127 cm³/mol. The number of imidazole rings is 1. The van der Waals surface area contributed by atoms with E-state index in [9.17, 15) is 10.2 Å². The van der Waals surface area contributed by atoms with E-state index in [0.717, 1.165) is 33.8 Å². The molecule has 0 saturated heterocycles. The van der Waals surface area contributed by atoms with Crippen molar-refractivity contribution < 1.29 is 14.9 Å². The summed E-state index contributed by atoms with van der Waals surface area (Å²) in [6.07, 6.45) is 2.84. The molecule has 6 heteroatoms. The van der Waals surface area contributed by atoms with E-state index in [4.69, 9.17) is 14.7 Å². The topological polar surface area (TPSA) is 79.9 Å². The Morgan fingerprint density at radius 2 is 1.42 bits per heavy atom. The van der Waals surface area contributed by atoms with Gasteiger partial charge in [0.2, 0.25) is 5.88 Å². The molecule has 0 bridgehead atoms. The molecule has 0 atom stereocenters. The number of nitrogens with zero attached hydrogens (tertiary/aromatic N) is 3. The zero-order valence-electron chi connectivity index (χ0n) is 18.1. The minimum atomic E-state index is 0.0875. The fraction of sp³-hybridized carbons (Fsp3) is 0.111. The molecule has 0 aliphatic rings. The van der Waals surface area contributed by atoms with Gasteiger partial charge in [-0.1, -0.05) is 42.5 Å². The third-order valence-corrected chi connectivity index (χ3v) is 5.63. The number of aromatic nitrogens is 3. The van der Waals surface area contributed by atoms with Crippen LogP contribution in [0.4, 0.5) is 0 Å². The highest BCUT2D eigenvalue weighted by atomic mass is 16.5. The van der Waals surface area contributed by atoms with Gasteiger partial charge >= 0.3 is 0 Å². The quantitative estimate of drug-likeness (QED) is 0.391. The highest BCUT2D eigenvalue weighted by molar-refractivity contribution is 5.64. The van der Waals surface area contributed by atoms with Crippen molar-refractivity contribution in [2.45, 2.75) is 12.8 Å². The Morgan fingerprint density at radius 1 is 0.758 bits per heavy atom. The molecule has 0 aliphatic heterocycles. The van der Waals surface area contributed by atoms with Gasteiger partial charge in [0.25, 0.3) is 0 Å². The molecular formula is C27H23N3O3. The highest BCUT2D eigenvalue weighted by Crippen LogP contribution is 2.29. The molecule has 2 heterocycles. The van der Waals surface area contributed by atoms with Gasteiger partial charge in [-0.25, -0.2) is 9.97 Å². The molecule has 33 heavy (non-hydrogen) atoms. The number of hydrogen-bond donors (Lipinski definition) is 2. The first kappa shape index (κ1) is 20.6. The summed E-state index contributed by atoms with van der Waals surface area (Å²) < 4.78 is 6.98. The van der Waals surface area contributed by atoms with E-state index in [-0.39, 0.29) is 11.6 Å². The van der Waals surface area contributed by atoms with E-state index >= 15 is 0 Å². The number of benzene rings is 3. The summed E-state index contributed by atoms with van der Waals surface area (Å²) >= 11 is 0. The van der Waals surface area contributed by atoms with Crippen molar-refractivity contribution in [2.75, 3.05) is 7.11 Å². The first-order chi connectivity index (χ1) is 16.1. The molecule has 3 aromatic carbocycles. The number of hydrogen-bond acceptors (Lipinski definition) is 5. The maximum Gasteiger partial charge on any atom is 0.219 e. The van der Waals surface area contributed by atoms with Crippen molar-refractivity contribution >= 4 is 5.65 Å². The minimum Gasteiger partial charge on any atom is -0.508 e. The molecule has 5 aromatic rings. The molecule has 0 fully saturated rings. The fourth-order valence-corrected chi connectivity index (χ4v) is 3.88. The largest absolute Gasteiger partial charge is 0.508 e. The van der Waals surface area contributed by atoms with Crippen LogP contribution in [0.25, 0.3) is 16.9 Å². The molecule has 2 N–H and O–H groups in total. The van der Waals surface area contributed by atoms with Crippen LogP contribution in [0.3, 0.4) is 0 Å². The van der Waals surface area contributed by atoms with Crippen LogP contribution in [0, 0.1) is 0 Å². The molecule has 164 valence electrons. The van der Waals surface area contributed by atoms with E-state index in [1.54, 1.807) is 23.6 Å².